The lowest BCUT2D eigenvalue weighted by molar-refractivity contribution is -0.122. The molecule has 1 unspecified atom stereocenters. The number of hydrogen-bond donors (Lipinski definition) is 2. The monoisotopic (exact) mass is 258 g/mol. The smallest absolute Gasteiger partial charge is 0.236 e. The van der Waals surface area contributed by atoms with Gasteiger partial charge in [0.25, 0.3) is 0 Å². The zero-order chi connectivity index (χ0) is 12.8. The number of benzene rings is 1. The van der Waals surface area contributed by atoms with E-state index in [1.54, 1.807) is 19.1 Å². The Labute approximate surface area is 105 Å². The van der Waals surface area contributed by atoms with E-state index in [2.05, 4.69) is 10.6 Å². The third-order valence-corrected chi connectivity index (χ3v) is 2.59. The number of halogens is 2. The van der Waals surface area contributed by atoms with Gasteiger partial charge in [0.2, 0.25) is 5.91 Å². The molecule has 1 amide bonds. The molecule has 0 fully saturated rings. The Morgan fingerprint density at radius 2 is 2.24 bits per heavy atom. The topological polar surface area (TPSA) is 41.1 Å². The third kappa shape index (κ3) is 4.32. The Balaban J connectivity index is 2.52. The molecule has 1 aromatic rings. The first-order valence-electron chi connectivity index (χ1n) is 5.49. The highest BCUT2D eigenvalue weighted by molar-refractivity contribution is 6.30. The Kier molecular flexibility index (Phi) is 5.38. The van der Waals surface area contributed by atoms with E-state index in [4.69, 9.17) is 11.6 Å². The number of carbonyl (C=O) groups excluding carboxylic acids is 1. The van der Waals surface area contributed by atoms with E-state index < -0.39 is 0 Å². The van der Waals surface area contributed by atoms with Gasteiger partial charge in [0, 0.05) is 23.7 Å². The molecule has 0 aromatic heterocycles. The number of likely N-dealkylation sites (N-methyl/N-ethyl adjacent to an activating group) is 1. The number of amides is 1. The van der Waals surface area contributed by atoms with Crippen molar-refractivity contribution < 1.29 is 9.18 Å². The van der Waals surface area contributed by atoms with Gasteiger partial charge in [-0.05, 0) is 26.0 Å². The first-order valence-corrected chi connectivity index (χ1v) is 5.87. The van der Waals surface area contributed by atoms with Crippen LogP contribution in [-0.4, -0.2) is 18.5 Å². The molecule has 0 radical (unpaired) electrons. The maximum atomic E-state index is 13.4. The van der Waals surface area contributed by atoms with Crippen molar-refractivity contribution in [2.45, 2.75) is 26.4 Å². The van der Waals surface area contributed by atoms with Crippen molar-refractivity contribution in [2.24, 2.45) is 0 Å². The Bertz CT molecular complexity index is 398. The lowest BCUT2D eigenvalue weighted by Crippen LogP contribution is -2.41. The highest BCUT2D eigenvalue weighted by atomic mass is 35.5. The molecule has 1 rings (SSSR count). The van der Waals surface area contributed by atoms with Crippen LogP contribution >= 0.6 is 11.6 Å². The molecule has 0 aliphatic carbocycles. The summed E-state index contributed by atoms with van der Waals surface area (Å²) in [5, 5.41) is 6.00. The molecule has 0 bridgehead atoms. The zero-order valence-electron chi connectivity index (χ0n) is 9.89. The quantitative estimate of drug-likeness (QED) is 0.849. The van der Waals surface area contributed by atoms with Crippen LogP contribution in [0.4, 0.5) is 4.39 Å². The molecule has 1 atom stereocenters. The summed E-state index contributed by atoms with van der Waals surface area (Å²) in [5.74, 6) is -0.463. The van der Waals surface area contributed by atoms with E-state index in [0.29, 0.717) is 23.7 Å². The van der Waals surface area contributed by atoms with Crippen LogP contribution < -0.4 is 10.6 Å². The van der Waals surface area contributed by atoms with Gasteiger partial charge >= 0.3 is 0 Å². The second-order valence-corrected chi connectivity index (χ2v) is 4.17. The minimum Gasteiger partial charge on any atom is -0.355 e. The van der Waals surface area contributed by atoms with Gasteiger partial charge < -0.3 is 10.6 Å². The van der Waals surface area contributed by atoms with Crippen LogP contribution in [-0.2, 0) is 11.3 Å². The maximum absolute atomic E-state index is 13.4. The summed E-state index contributed by atoms with van der Waals surface area (Å²) in [6.45, 7) is 4.46. The van der Waals surface area contributed by atoms with Crippen molar-refractivity contribution in [3.63, 3.8) is 0 Å². The fraction of sp³-hybridized carbons (Fsp3) is 0.417. The van der Waals surface area contributed by atoms with E-state index in [0.717, 1.165) is 0 Å². The standard InChI is InChI=1S/C12H16ClFN2O/c1-3-15-12(17)8(2)16-7-9-4-5-10(13)6-11(9)14/h4-6,8,16H,3,7H2,1-2H3,(H,15,17). The average Bonchev–Trinajstić information content (AvgIpc) is 2.27. The van der Waals surface area contributed by atoms with Gasteiger partial charge in [-0.15, -0.1) is 0 Å². The lowest BCUT2D eigenvalue weighted by Gasteiger charge is -2.13. The molecule has 5 heteroatoms. The van der Waals surface area contributed by atoms with Crippen molar-refractivity contribution >= 4 is 17.5 Å². The summed E-state index contributed by atoms with van der Waals surface area (Å²) in [4.78, 5) is 11.4. The van der Waals surface area contributed by atoms with Gasteiger partial charge in [0.15, 0.2) is 0 Å². The summed E-state index contributed by atoms with van der Waals surface area (Å²) in [7, 11) is 0. The maximum Gasteiger partial charge on any atom is 0.236 e. The number of rotatable bonds is 5. The van der Waals surface area contributed by atoms with Crippen molar-refractivity contribution in [3.8, 4) is 0 Å². The zero-order valence-corrected chi connectivity index (χ0v) is 10.6. The fourth-order valence-corrected chi connectivity index (χ4v) is 1.51. The van der Waals surface area contributed by atoms with Gasteiger partial charge in [-0.25, -0.2) is 4.39 Å². The molecule has 0 saturated carbocycles. The Morgan fingerprint density at radius 3 is 2.82 bits per heavy atom. The minimum absolute atomic E-state index is 0.0955. The first kappa shape index (κ1) is 13.9. The van der Waals surface area contributed by atoms with Crippen LogP contribution in [0.5, 0.6) is 0 Å². The van der Waals surface area contributed by atoms with Crippen molar-refractivity contribution in [1.82, 2.24) is 10.6 Å². The van der Waals surface area contributed by atoms with Crippen LogP contribution in [0.25, 0.3) is 0 Å². The SMILES string of the molecule is CCNC(=O)C(C)NCc1ccc(Cl)cc1F. The molecule has 3 nitrogen and oxygen atoms in total. The molecule has 0 heterocycles. The van der Waals surface area contributed by atoms with Crippen LogP contribution in [0.2, 0.25) is 5.02 Å². The Hall–Kier alpha value is -1.13. The second-order valence-electron chi connectivity index (χ2n) is 3.73. The molecular weight excluding hydrogens is 243 g/mol. The predicted molar refractivity (Wildman–Crippen MR) is 66.4 cm³/mol. The van der Waals surface area contributed by atoms with Crippen molar-refractivity contribution in [3.05, 3.63) is 34.6 Å². The van der Waals surface area contributed by atoms with Crippen LogP contribution in [0, 0.1) is 5.82 Å². The first-order chi connectivity index (χ1) is 8.04. The predicted octanol–water partition coefficient (Wildman–Crippen LogP) is 2.09. The molecular formula is C12H16ClFN2O. The molecule has 1 aromatic carbocycles. The highest BCUT2D eigenvalue weighted by Crippen LogP contribution is 2.14. The average molecular weight is 259 g/mol. The van der Waals surface area contributed by atoms with Crippen LogP contribution in [0.3, 0.4) is 0 Å². The molecule has 0 aliphatic rings. The molecule has 94 valence electrons. The van der Waals surface area contributed by atoms with E-state index in [1.165, 1.54) is 6.07 Å². The summed E-state index contributed by atoms with van der Waals surface area (Å²) in [6, 6.07) is 4.13. The van der Waals surface area contributed by atoms with E-state index in [1.807, 2.05) is 6.92 Å². The van der Waals surface area contributed by atoms with E-state index in [9.17, 15) is 9.18 Å². The largest absolute Gasteiger partial charge is 0.355 e. The van der Waals surface area contributed by atoms with Crippen LogP contribution in [0.1, 0.15) is 19.4 Å². The van der Waals surface area contributed by atoms with Gasteiger partial charge in [-0.2, -0.15) is 0 Å². The second kappa shape index (κ2) is 6.57. The summed E-state index contributed by atoms with van der Waals surface area (Å²) < 4.78 is 13.4. The summed E-state index contributed by atoms with van der Waals surface area (Å²) in [5.41, 5.74) is 0.491. The van der Waals surface area contributed by atoms with Crippen molar-refractivity contribution in [2.75, 3.05) is 6.54 Å². The Morgan fingerprint density at radius 1 is 1.53 bits per heavy atom. The normalized spacial score (nSPS) is 12.2. The molecule has 0 aliphatic heterocycles. The van der Waals surface area contributed by atoms with E-state index in [-0.39, 0.29) is 17.8 Å². The summed E-state index contributed by atoms with van der Waals surface area (Å²) >= 11 is 5.65. The van der Waals surface area contributed by atoms with Gasteiger partial charge in [0.1, 0.15) is 5.82 Å². The number of carbonyl (C=O) groups is 1. The molecule has 0 spiro atoms. The lowest BCUT2D eigenvalue weighted by atomic mass is 10.2. The summed E-state index contributed by atoms with van der Waals surface area (Å²) in [6.07, 6.45) is 0. The fourth-order valence-electron chi connectivity index (χ4n) is 1.35. The minimum atomic E-state index is -0.368. The number of hydrogen-bond acceptors (Lipinski definition) is 2. The van der Waals surface area contributed by atoms with Gasteiger partial charge in [0.05, 0.1) is 6.04 Å². The van der Waals surface area contributed by atoms with Crippen molar-refractivity contribution in [1.29, 1.82) is 0 Å². The van der Waals surface area contributed by atoms with Crippen LogP contribution in [0.15, 0.2) is 18.2 Å². The highest BCUT2D eigenvalue weighted by Gasteiger charge is 2.11. The molecule has 17 heavy (non-hydrogen) atoms. The molecule has 0 saturated heterocycles. The van der Waals surface area contributed by atoms with Gasteiger partial charge in [-0.3, -0.25) is 4.79 Å². The third-order valence-electron chi connectivity index (χ3n) is 2.36. The molecule has 2 N–H and O–H groups in total. The number of nitrogens with one attached hydrogen (secondary N) is 2. The van der Waals surface area contributed by atoms with E-state index >= 15 is 0 Å². The van der Waals surface area contributed by atoms with Gasteiger partial charge in [-0.1, -0.05) is 17.7 Å².